The van der Waals surface area contributed by atoms with Gasteiger partial charge in [0.15, 0.2) is 12.4 Å². The van der Waals surface area contributed by atoms with Gasteiger partial charge in [0.05, 0.1) is 5.56 Å². The third-order valence-electron chi connectivity index (χ3n) is 2.11. The number of benzene rings is 1. The molecule has 0 radical (unpaired) electrons. The standard InChI is InChI=1S/C12H10N2O/c13-11-6-8-14(9-7-11)12(15)10-4-2-1-3-5-10/h1-9,13H/p+1. The number of nitrogen functional groups attached to an aromatic ring is 1. The Balaban J connectivity index is 2.33. The monoisotopic (exact) mass is 199 g/mol. The number of nitrogens with two attached hydrogens (primary N) is 1. The highest BCUT2D eigenvalue weighted by atomic mass is 16.2. The molecule has 0 aliphatic rings. The van der Waals surface area contributed by atoms with Crippen molar-refractivity contribution in [1.82, 2.24) is 0 Å². The predicted molar refractivity (Wildman–Crippen MR) is 57.2 cm³/mol. The van der Waals surface area contributed by atoms with Crippen LogP contribution in [0.5, 0.6) is 0 Å². The first-order chi connectivity index (χ1) is 7.27. The number of rotatable bonds is 1. The first-order valence-electron chi connectivity index (χ1n) is 4.64. The number of nitrogens with zero attached hydrogens (tertiary/aromatic N) is 1. The Morgan fingerprint density at radius 3 is 2.20 bits per heavy atom. The van der Waals surface area contributed by atoms with Gasteiger partial charge < -0.3 is 5.73 Å². The number of aromatic nitrogens is 1. The molecule has 0 aliphatic heterocycles. The van der Waals surface area contributed by atoms with Crippen molar-refractivity contribution in [3.05, 3.63) is 60.4 Å². The number of anilines is 1. The Kier molecular flexibility index (Phi) is 2.46. The predicted octanol–water partition coefficient (Wildman–Crippen LogP) is 1.24. The lowest BCUT2D eigenvalue weighted by atomic mass is 10.2. The zero-order chi connectivity index (χ0) is 10.7. The summed E-state index contributed by atoms with van der Waals surface area (Å²) in [5.41, 5.74) is 6.85. The molecule has 2 N–H and O–H groups in total. The van der Waals surface area contributed by atoms with E-state index >= 15 is 0 Å². The van der Waals surface area contributed by atoms with Crippen molar-refractivity contribution < 1.29 is 9.36 Å². The minimum absolute atomic E-state index is 0.0596. The van der Waals surface area contributed by atoms with Gasteiger partial charge in [0.2, 0.25) is 0 Å². The largest absolute Gasteiger partial charge is 0.424 e. The molecule has 1 aromatic heterocycles. The summed E-state index contributed by atoms with van der Waals surface area (Å²) in [6, 6.07) is 12.5. The molecule has 0 saturated heterocycles. The zero-order valence-corrected chi connectivity index (χ0v) is 8.13. The Morgan fingerprint density at radius 2 is 1.60 bits per heavy atom. The zero-order valence-electron chi connectivity index (χ0n) is 8.13. The summed E-state index contributed by atoms with van der Waals surface area (Å²) in [4.78, 5) is 11.9. The molecule has 2 aromatic rings. The van der Waals surface area contributed by atoms with Gasteiger partial charge in [-0.2, -0.15) is 0 Å². The van der Waals surface area contributed by atoms with Crippen molar-refractivity contribution in [2.24, 2.45) is 0 Å². The molecule has 0 aliphatic carbocycles. The molecule has 0 fully saturated rings. The molecule has 15 heavy (non-hydrogen) atoms. The Bertz CT molecular complexity index is 463. The molecule has 2 rings (SSSR count). The lowest BCUT2D eigenvalue weighted by Crippen LogP contribution is -2.41. The summed E-state index contributed by atoms with van der Waals surface area (Å²) in [5, 5.41) is 0. The summed E-state index contributed by atoms with van der Waals surface area (Å²) >= 11 is 0. The second kappa shape index (κ2) is 3.92. The molecule has 0 saturated carbocycles. The summed E-state index contributed by atoms with van der Waals surface area (Å²) in [6.45, 7) is 0. The van der Waals surface area contributed by atoms with Crippen molar-refractivity contribution in [2.75, 3.05) is 5.73 Å². The summed E-state index contributed by atoms with van der Waals surface area (Å²) in [7, 11) is 0. The molecule has 0 unspecified atom stereocenters. The maximum absolute atomic E-state index is 11.9. The van der Waals surface area contributed by atoms with Crippen LogP contribution in [-0.2, 0) is 0 Å². The van der Waals surface area contributed by atoms with E-state index in [1.54, 1.807) is 36.7 Å². The quantitative estimate of drug-likeness (QED) is 0.702. The molecule has 1 aromatic carbocycles. The molecule has 3 nitrogen and oxygen atoms in total. The van der Waals surface area contributed by atoms with Crippen LogP contribution < -0.4 is 10.3 Å². The van der Waals surface area contributed by atoms with Gasteiger partial charge >= 0.3 is 5.91 Å². The van der Waals surface area contributed by atoms with Crippen LogP contribution in [0.2, 0.25) is 0 Å². The minimum atomic E-state index is -0.0596. The van der Waals surface area contributed by atoms with E-state index in [0.29, 0.717) is 11.3 Å². The second-order valence-electron chi connectivity index (χ2n) is 3.21. The SMILES string of the molecule is Nc1cc[n+](C(=O)c2ccccc2)cc1. The van der Waals surface area contributed by atoms with Crippen LogP contribution in [0, 0.1) is 0 Å². The molecule has 0 spiro atoms. The van der Waals surface area contributed by atoms with Crippen molar-refractivity contribution in [2.45, 2.75) is 0 Å². The van der Waals surface area contributed by atoms with Crippen LogP contribution >= 0.6 is 0 Å². The third-order valence-corrected chi connectivity index (χ3v) is 2.11. The van der Waals surface area contributed by atoms with Gasteiger partial charge in [0.1, 0.15) is 0 Å². The van der Waals surface area contributed by atoms with E-state index in [4.69, 9.17) is 5.73 Å². The third kappa shape index (κ3) is 2.02. The number of pyridine rings is 1. The summed E-state index contributed by atoms with van der Waals surface area (Å²) in [5.74, 6) is -0.0596. The molecule has 0 amide bonds. The van der Waals surface area contributed by atoms with E-state index in [1.807, 2.05) is 18.2 Å². The maximum Gasteiger partial charge on any atom is 0.424 e. The second-order valence-corrected chi connectivity index (χ2v) is 3.21. The first-order valence-corrected chi connectivity index (χ1v) is 4.64. The van der Waals surface area contributed by atoms with Gasteiger partial charge in [-0.25, -0.2) is 4.79 Å². The van der Waals surface area contributed by atoms with E-state index in [1.165, 1.54) is 4.57 Å². The van der Waals surface area contributed by atoms with Crippen molar-refractivity contribution in [3.63, 3.8) is 0 Å². The van der Waals surface area contributed by atoms with Crippen LogP contribution in [0.25, 0.3) is 0 Å². The molecule has 0 atom stereocenters. The number of carbonyl (C=O) groups is 1. The Labute approximate surface area is 87.8 Å². The van der Waals surface area contributed by atoms with Crippen LogP contribution in [0.4, 0.5) is 5.69 Å². The molecule has 3 heteroatoms. The van der Waals surface area contributed by atoms with E-state index in [0.717, 1.165) is 0 Å². The fraction of sp³-hybridized carbons (Fsp3) is 0. The average Bonchev–Trinajstić information content (AvgIpc) is 2.30. The molecular weight excluding hydrogens is 188 g/mol. The topological polar surface area (TPSA) is 47.0 Å². The normalized spacial score (nSPS) is 9.87. The van der Waals surface area contributed by atoms with Crippen LogP contribution in [0.1, 0.15) is 10.4 Å². The average molecular weight is 199 g/mol. The highest BCUT2D eigenvalue weighted by Crippen LogP contribution is 1.99. The van der Waals surface area contributed by atoms with Crippen LogP contribution in [0.15, 0.2) is 54.9 Å². The number of hydrogen-bond acceptors (Lipinski definition) is 2. The first kappa shape index (κ1) is 9.40. The molecular formula is C12H11N2O+. The van der Waals surface area contributed by atoms with E-state index < -0.39 is 0 Å². The van der Waals surface area contributed by atoms with E-state index in [-0.39, 0.29) is 5.91 Å². The van der Waals surface area contributed by atoms with Gasteiger partial charge in [0, 0.05) is 17.8 Å². The van der Waals surface area contributed by atoms with Gasteiger partial charge in [0.25, 0.3) is 0 Å². The number of hydrogen-bond donors (Lipinski definition) is 1. The lowest BCUT2D eigenvalue weighted by Gasteiger charge is -1.95. The van der Waals surface area contributed by atoms with Gasteiger partial charge in [-0.05, 0) is 12.1 Å². The Morgan fingerprint density at radius 1 is 1.00 bits per heavy atom. The summed E-state index contributed by atoms with van der Waals surface area (Å²) < 4.78 is 1.51. The van der Waals surface area contributed by atoms with Crippen LogP contribution in [-0.4, -0.2) is 5.91 Å². The fourth-order valence-electron chi connectivity index (χ4n) is 1.30. The van der Waals surface area contributed by atoms with Crippen molar-refractivity contribution in [3.8, 4) is 0 Å². The van der Waals surface area contributed by atoms with Crippen molar-refractivity contribution >= 4 is 11.6 Å². The van der Waals surface area contributed by atoms with Gasteiger partial charge in [-0.15, -0.1) is 4.57 Å². The lowest BCUT2D eigenvalue weighted by molar-refractivity contribution is -0.570. The highest BCUT2D eigenvalue weighted by molar-refractivity contribution is 5.86. The minimum Gasteiger partial charge on any atom is -0.398 e. The maximum atomic E-state index is 11.9. The van der Waals surface area contributed by atoms with Gasteiger partial charge in [-0.1, -0.05) is 18.2 Å². The number of carbonyl (C=O) groups excluding carboxylic acids is 1. The Hall–Kier alpha value is -2.16. The fourth-order valence-corrected chi connectivity index (χ4v) is 1.30. The van der Waals surface area contributed by atoms with E-state index in [2.05, 4.69) is 0 Å². The van der Waals surface area contributed by atoms with Crippen molar-refractivity contribution in [1.29, 1.82) is 0 Å². The molecule has 1 heterocycles. The molecule has 0 bridgehead atoms. The highest BCUT2D eigenvalue weighted by Gasteiger charge is 2.15. The van der Waals surface area contributed by atoms with Crippen LogP contribution in [0.3, 0.4) is 0 Å². The van der Waals surface area contributed by atoms with E-state index in [9.17, 15) is 4.79 Å². The van der Waals surface area contributed by atoms with Gasteiger partial charge in [-0.3, -0.25) is 0 Å². The molecule has 74 valence electrons. The smallest absolute Gasteiger partial charge is 0.398 e. The summed E-state index contributed by atoms with van der Waals surface area (Å²) in [6.07, 6.45) is 3.31.